The van der Waals surface area contributed by atoms with Crippen molar-refractivity contribution < 1.29 is 14.3 Å². The highest BCUT2D eigenvalue weighted by atomic mass is 16.5. The van der Waals surface area contributed by atoms with Gasteiger partial charge in [0, 0.05) is 5.56 Å². The summed E-state index contributed by atoms with van der Waals surface area (Å²) in [5, 5.41) is 0. The predicted octanol–water partition coefficient (Wildman–Crippen LogP) is 2.48. The third-order valence-electron chi connectivity index (χ3n) is 3.95. The summed E-state index contributed by atoms with van der Waals surface area (Å²) < 4.78 is 11.1. The smallest absolute Gasteiger partial charge is 0.254 e. The van der Waals surface area contributed by atoms with Gasteiger partial charge in [0.05, 0.1) is 31.4 Å². The van der Waals surface area contributed by atoms with E-state index in [-0.39, 0.29) is 24.1 Å². The van der Waals surface area contributed by atoms with Crippen LogP contribution in [0.5, 0.6) is 5.75 Å². The molecule has 4 nitrogen and oxygen atoms in total. The van der Waals surface area contributed by atoms with Gasteiger partial charge in [0.1, 0.15) is 5.75 Å². The average molecular weight is 275 g/mol. The number of amides is 1. The number of benzene rings is 1. The molecule has 2 bridgehead atoms. The minimum absolute atomic E-state index is 0.122. The van der Waals surface area contributed by atoms with Crippen LogP contribution in [-0.2, 0) is 4.74 Å². The third-order valence-corrected chi connectivity index (χ3v) is 3.95. The molecule has 2 fully saturated rings. The fourth-order valence-corrected chi connectivity index (χ4v) is 3.06. The maximum Gasteiger partial charge on any atom is 0.254 e. The van der Waals surface area contributed by atoms with Crippen LogP contribution >= 0.6 is 0 Å². The van der Waals surface area contributed by atoms with Crippen LogP contribution in [0.15, 0.2) is 24.3 Å². The SMILES string of the molecule is CC(C)Oc1ccc(C(=O)N2C3CCC2COC3)cc1. The topological polar surface area (TPSA) is 38.8 Å². The van der Waals surface area contributed by atoms with Crippen LogP contribution in [0, 0.1) is 0 Å². The van der Waals surface area contributed by atoms with Gasteiger partial charge in [0.15, 0.2) is 0 Å². The van der Waals surface area contributed by atoms with E-state index in [9.17, 15) is 4.79 Å². The summed E-state index contributed by atoms with van der Waals surface area (Å²) in [7, 11) is 0. The van der Waals surface area contributed by atoms with Crippen molar-refractivity contribution in [3.63, 3.8) is 0 Å². The van der Waals surface area contributed by atoms with E-state index in [2.05, 4.69) is 0 Å². The summed E-state index contributed by atoms with van der Waals surface area (Å²) in [6.45, 7) is 5.34. The van der Waals surface area contributed by atoms with E-state index in [1.807, 2.05) is 43.0 Å². The Hall–Kier alpha value is -1.55. The molecule has 0 N–H and O–H groups in total. The number of hydrogen-bond donors (Lipinski definition) is 0. The van der Waals surface area contributed by atoms with Gasteiger partial charge >= 0.3 is 0 Å². The standard InChI is InChI=1S/C16H21NO3/c1-11(2)20-15-7-3-12(4-8-15)16(18)17-13-5-6-14(17)10-19-9-13/h3-4,7-8,11,13-14H,5-6,9-10H2,1-2H3. The van der Waals surface area contributed by atoms with Crippen LogP contribution < -0.4 is 4.74 Å². The zero-order valence-electron chi connectivity index (χ0n) is 12.0. The van der Waals surface area contributed by atoms with E-state index in [0.717, 1.165) is 24.2 Å². The van der Waals surface area contributed by atoms with Crippen molar-refractivity contribution in [1.82, 2.24) is 4.90 Å². The minimum atomic E-state index is 0.122. The van der Waals surface area contributed by atoms with Gasteiger partial charge in [-0.3, -0.25) is 4.79 Å². The third kappa shape index (κ3) is 2.52. The van der Waals surface area contributed by atoms with E-state index < -0.39 is 0 Å². The molecule has 1 aromatic carbocycles. The maximum atomic E-state index is 12.6. The van der Waals surface area contributed by atoms with Gasteiger partial charge in [0.2, 0.25) is 0 Å². The first kappa shape index (κ1) is 13.4. The summed E-state index contributed by atoms with van der Waals surface area (Å²) in [6.07, 6.45) is 2.27. The first-order chi connectivity index (χ1) is 9.65. The van der Waals surface area contributed by atoms with Gasteiger partial charge < -0.3 is 14.4 Å². The molecule has 0 aliphatic carbocycles. The Balaban J connectivity index is 1.74. The predicted molar refractivity (Wildman–Crippen MR) is 76.0 cm³/mol. The van der Waals surface area contributed by atoms with Crippen molar-refractivity contribution in [3.8, 4) is 5.75 Å². The summed E-state index contributed by atoms with van der Waals surface area (Å²) in [5.74, 6) is 0.929. The lowest BCUT2D eigenvalue weighted by atomic mass is 10.1. The quantitative estimate of drug-likeness (QED) is 0.850. The first-order valence-electron chi connectivity index (χ1n) is 7.32. The maximum absolute atomic E-state index is 12.6. The second kappa shape index (κ2) is 5.44. The number of fused-ring (bicyclic) bond motifs is 2. The van der Waals surface area contributed by atoms with E-state index in [1.165, 1.54) is 0 Å². The number of morpholine rings is 1. The Bertz CT molecular complexity index is 467. The summed E-state index contributed by atoms with van der Waals surface area (Å²) >= 11 is 0. The molecule has 3 rings (SSSR count). The number of rotatable bonds is 3. The van der Waals surface area contributed by atoms with Gasteiger partial charge in [-0.1, -0.05) is 0 Å². The molecule has 2 aliphatic heterocycles. The van der Waals surface area contributed by atoms with Crippen molar-refractivity contribution >= 4 is 5.91 Å². The molecule has 108 valence electrons. The van der Waals surface area contributed by atoms with Crippen molar-refractivity contribution in [2.45, 2.75) is 44.9 Å². The van der Waals surface area contributed by atoms with E-state index in [4.69, 9.17) is 9.47 Å². The number of carbonyl (C=O) groups is 1. The van der Waals surface area contributed by atoms with Gasteiger partial charge in [0.25, 0.3) is 5.91 Å². The second-order valence-electron chi connectivity index (χ2n) is 5.83. The molecule has 20 heavy (non-hydrogen) atoms. The van der Waals surface area contributed by atoms with Crippen LogP contribution in [0.3, 0.4) is 0 Å². The molecule has 1 amide bonds. The molecule has 0 saturated carbocycles. The number of hydrogen-bond acceptors (Lipinski definition) is 3. The lowest BCUT2D eigenvalue weighted by Crippen LogP contribution is -2.49. The molecule has 2 atom stereocenters. The average Bonchev–Trinajstić information content (AvgIpc) is 2.67. The zero-order chi connectivity index (χ0) is 14.1. The second-order valence-corrected chi connectivity index (χ2v) is 5.83. The Kier molecular flexibility index (Phi) is 3.66. The molecule has 0 radical (unpaired) electrons. The first-order valence-corrected chi connectivity index (χ1v) is 7.32. The van der Waals surface area contributed by atoms with Crippen LogP contribution in [0.2, 0.25) is 0 Å². The van der Waals surface area contributed by atoms with E-state index in [1.54, 1.807) is 0 Å². The molecule has 0 aromatic heterocycles. The molecule has 1 aromatic rings. The molecule has 0 spiro atoms. The Morgan fingerprint density at radius 1 is 1.20 bits per heavy atom. The number of nitrogens with zero attached hydrogens (tertiary/aromatic N) is 1. The largest absolute Gasteiger partial charge is 0.491 e. The zero-order valence-corrected chi connectivity index (χ0v) is 12.0. The molecular formula is C16H21NO3. The number of ether oxygens (including phenoxy) is 2. The molecular weight excluding hydrogens is 254 g/mol. The fraction of sp³-hybridized carbons (Fsp3) is 0.562. The highest BCUT2D eigenvalue weighted by molar-refractivity contribution is 5.95. The van der Waals surface area contributed by atoms with E-state index >= 15 is 0 Å². The molecule has 2 unspecified atom stereocenters. The van der Waals surface area contributed by atoms with E-state index in [0.29, 0.717) is 13.2 Å². The molecule has 4 heteroatoms. The van der Waals surface area contributed by atoms with Crippen molar-refractivity contribution in [2.75, 3.05) is 13.2 Å². The molecule has 2 heterocycles. The lowest BCUT2D eigenvalue weighted by Gasteiger charge is -2.34. The normalized spacial score (nSPS) is 25.1. The Labute approximate surface area is 119 Å². The highest BCUT2D eigenvalue weighted by Crippen LogP contribution is 2.30. The van der Waals surface area contributed by atoms with Gasteiger partial charge in [-0.05, 0) is 51.0 Å². The Morgan fingerprint density at radius 3 is 2.35 bits per heavy atom. The van der Waals surface area contributed by atoms with Crippen LogP contribution in [0.4, 0.5) is 0 Å². The minimum Gasteiger partial charge on any atom is -0.491 e. The van der Waals surface area contributed by atoms with Crippen LogP contribution in [0.25, 0.3) is 0 Å². The van der Waals surface area contributed by atoms with Crippen LogP contribution in [-0.4, -0.2) is 42.2 Å². The van der Waals surface area contributed by atoms with Crippen molar-refractivity contribution in [3.05, 3.63) is 29.8 Å². The number of carbonyl (C=O) groups excluding carboxylic acids is 1. The van der Waals surface area contributed by atoms with Crippen LogP contribution in [0.1, 0.15) is 37.0 Å². The van der Waals surface area contributed by atoms with Crippen molar-refractivity contribution in [1.29, 1.82) is 0 Å². The van der Waals surface area contributed by atoms with Crippen molar-refractivity contribution in [2.24, 2.45) is 0 Å². The Morgan fingerprint density at radius 2 is 1.80 bits per heavy atom. The molecule has 2 aliphatic rings. The highest BCUT2D eigenvalue weighted by Gasteiger charge is 2.40. The lowest BCUT2D eigenvalue weighted by molar-refractivity contribution is -0.00715. The summed E-state index contributed by atoms with van der Waals surface area (Å²) in [5.41, 5.74) is 0.736. The fourth-order valence-electron chi connectivity index (χ4n) is 3.06. The van der Waals surface area contributed by atoms with Gasteiger partial charge in [-0.15, -0.1) is 0 Å². The monoisotopic (exact) mass is 275 g/mol. The van der Waals surface area contributed by atoms with Gasteiger partial charge in [-0.2, -0.15) is 0 Å². The molecule has 2 saturated heterocycles. The summed E-state index contributed by atoms with van der Waals surface area (Å²) in [6, 6.07) is 7.97. The summed E-state index contributed by atoms with van der Waals surface area (Å²) in [4.78, 5) is 14.6. The van der Waals surface area contributed by atoms with Gasteiger partial charge in [-0.25, -0.2) is 0 Å².